The van der Waals surface area contributed by atoms with Crippen LogP contribution in [0.5, 0.6) is 11.5 Å². The van der Waals surface area contributed by atoms with E-state index in [0.29, 0.717) is 42.5 Å². The number of benzene rings is 3. The Kier molecular flexibility index (Phi) is 7.14. The van der Waals surface area contributed by atoms with E-state index in [0.717, 1.165) is 4.90 Å². The van der Waals surface area contributed by atoms with Crippen LogP contribution < -0.4 is 20.1 Å². The van der Waals surface area contributed by atoms with E-state index in [-0.39, 0.29) is 16.7 Å². The van der Waals surface area contributed by atoms with Gasteiger partial charge in [-0.2, -0.15) is 0 Å². The molecule has 0 spiro atoms. The zero-order valence-corrected chi connectivity index (χ0v) is 18.8. The molecular weight excluding hydrogens is 443 g/mol. The van der Waals surface area contributed by atoms with Crippen LogP contribution in [0, 0.1) is 5.82 Å². The van der Waals surface area contributed by atoms with Crippen LogP contribution in [0.2, 0.25) is 0 Å². The fraction of sp³-hybridized carbons (Fsp3) is 0.200. The van der Waals surface area contributed by atoms with E-state index in [1.54, 1.807) is 42.5 Å². The molecule has 0 fully saturated rings. The van der Waals surface area contributed by atoms with Crippen molar-refractivity contribution < 1.29 is 23.5 Å². The van der Waals surface area contributed by atoms with Crippen LogP contribution in [0.3, 0.4) is 0 Å². The first-order chi connectivity index (χ1) is 16.0. The van der Waals surface area contributed by atoms with Gasteiger partial charge in [0.15, 0.2) is 11.5 Å². The number of carbonyl (C=O) groups is 2. The van der Waals surface area contributed by atoms with Crippen LogP contribution >= 0.6 is 11.8 Å². The van der Waals surface area contributed by atoms with E-state index in [1.807, 2.05) is 13.0 Å². The summed E-state index contributed by atoms with van der Waals surface area (Å²) in [5, 5.41) is 5.29. The molecule has 170 valence electrons. The van der Waals surface area contributed by atoms with Gasteiger partial charge in [0.05, 0.1) is 10.8 Å². The Morgan fingerprint density at radius 1 is 0.939 bits per heavy atom. The molecule has 0 aliphatic carbocycles. The second-order valence-corrected chi connectivity index (χ2v) is 8.60. The van der Waals surface area contributed by atoms with Gasteiger partial charge in [0.25, 0.3) is 5.91 Å². The fourth-order valence-electron chi connectivity index (χ4n) is 3.32. The molecule has 0 radical (unpaired) electrons. The number of nitrogens with one attached hydrogen (secondary N) is 2. The van der Waals surface area contributed by atoms with Crippen LogP contribution in [0.1, 0.15) is 23.7 Å². The third kappa shape index (κ3) is 5.64. The van der Waals surface area contributed by atoms with Gasteiger partial charge in [-0.1, -0.05) is 25.1 Å². The molecule has 6 nitrogen and oxygen atoms in total. The Morgan fingerprint density at radius 2 is 1.70 bits per heavy atom. The van der Waals surface area contributed by atoms with Crippen molar-refractivity contribution in [1.29, 1.82) is 0 Å². The lowest BCUT2D eigenvalue weighted by molar-refractivity contribution is -0.115. The first-order valence-electron chi connectivity index (χ1n) is 10.6. The summed E-state index contributed by atoms with van der Waals surface area (Å²) in [6.07, 6.45) is 0.604. The number of hydrogen-bond donors (Lipinski definition) is 2. The molecule has 2 amide bonds. The topological polar surface area (TPSA) is 76.7 Å². The van der Waals surface area contributed by atoms with E-state index >= 15 is 0 Å². The lowest BCUT2D eigenvalue weighted by Crippen LogP contribution is -2.24. The molecule has 1 aliphatic rings. The molecule has 8 heteroatoms. The monoisotopic (exact) mass is 466 g/mol. The maximum Gasteiger partial charge on any atom is 0.258 e. The highest BCUT2D eigenvalue weighted by atomic mass is 32.2. The Morgan fingerprint density at radius 3 is 2.48 bits per heavy atom. The fourth-order valence-corrected chi connectivity index (χ4v) is 4.33. The van der Waals surface area contributed by atoms with E-state index < -0.39 is 11.7 Å². The number of rotatable bonds is 7. The molecule has 4 rings (SSSR count). The minimum atomic E-state index is -0.581. The second kappa shape index (κ2) is 10.4. The Balaban J connectivity index is 1.41. The molecule has 1 aliphatic heterocycles. The number of fused-ring (bicyclic) bond motifs is 1. The lowest BCUT2D eigenvalue weighted by atomic mass is 10.2. The summed E-state index contributed by atoms with van der Waals surface area (Å²) in [7, 11) is 0. The van der Waals surface area contributed by atoms with Crippen molar-refractivity contribution in [3.05, 3.63) is 78.1 Å². The van der Waals surface area contributed by atoms with Crippen LogP contribution in [0.25, 0.3) is 0 Å². The average molecular weight is 467 g/mol. The van der Waals surface area contributed by atoms with Crippen molar-refractivity contribution in [2.75, 3.05) is 23.8 Å². The predicted molar refractivity (Wildman–Crippen MR) is 127 cm³/mol. The van der Waals surface area contributed by atoms with Crippen molar-refractivity contribution in [1.82, 2.24) is 0 Å². The Bertz CT molecular complexity index is 1170. The molecule has 0 bridgehead atoms. The van der Waals surface area contributed by atoms with E-state index in [9.17, 15) is 14.0 Å². The average Bonchev–Trinajstić information content (AvgIpc) is 2.83. The molecule has 3 aromatic carbocycles. The molecule has 1 atom stereocenters. The normalized spacial score (nSPS) is 13.2. The van der Waals surface area contributed by atoms with Crippen LogP contribution in [-0.4, -0.2) is 30.3 Å². The van der Waals surface area contributed by atoms with E-state index in [4.69, 9.17) is 9.47 Å². The van der Waals surface area contributed by atoms with Gasteiger partial charge >= 0.3 is 0 Å². The zero-order valence-electron chi connectivity index (χ0n) is 18.0. The van der Waals surface area contributed by atoms with Gasteiger partial charge < -0.3 is 20.1 Å². The summed E-state index contributed by atoms with van der Waals surface area (Å²) < 4.78 is 25.0. The summed E-state index contributed by atoms with van der Waals surface area (Å²) >= 11 is 1.39. The molecular formula is C25H23FN2O4S. The summed E-state index contributed by atoms with van der Waals surface area (Å²) in [5.41, 5.74) is 1.13. The van der Waals surface area contributed by atoms with E-state index in [1.165, 1.54) is 30.0 Å². The van der Waals surface area contributed by atoms with E-state index in [2.05, 4.69) is 10.6 Å². The number of hydrogen-bond acceptors (Lipinski definition) is 5. The molecule has 1 unspecified atom stereocenters. The first-order valence-corrected chi connectivity index (χ1v) is 11.4. The van der Waals surface area contributed by atoms with Gasteiger partial charge in [-0.25, -0.2) is 4.39 Å². The van der Waals surface area contributed by atoms with Crippen LogP contribution in [0.4, 0.5) is 15.8 Å². The van der Waals surface area contributed by atoms with Gasteiger partial charge in [-0.3, -0.25) is 9.59 Å². The van der Waals surface area contributed by atoms with Crippen molar-refractivity contribution >= 4 is 35.0 Å². The highest BCUT2D eigenvalue weighted by Gasteiger charge is 2.20. The van der Waals surface area contributed by atoms with Crippen molar-refractivity contribution in [3.8, 4) is 11.5 Å². The smallest absolute Gasteiger partial charge is 0.258 e. The molecule has 2 N–H and O–H groups in total. The third-order valence-corrected chi connectivity index (χ3v) is 6.32. The predicted octanol–water partition coefficient (Wildman–Crippen LogP) is 5.36. The van der Waals surface area contributed by atoms with Gasteiger partial charge in [-0.05, 0) is 48.9 Å². The molecule has 33 heavy (non-hydrogen) atoms. The zero-order chi connectivity index (χ0) is 23.2. The summed E-state index contributed by atoms with van der Waals surface area (Å²) in [5.74, 6) is 0.0222. The SMILES string of the molecule is CCC(Sc1cccc(NC(=O)c2ccccc2F)c1)C(=O)Nc1ccc2c(c1)OCCO2. The third-order valence-electron chi connectivity index (χ3n) is 4.96. The molecule has 0 saturated heterocycles. The molecule has 0 saturated carbocycles. The first kappa shape index (κ1) is 22.7. The standard InChI is InChI=1S/C25H23FN2O4S/c1-2-23(25(30)28-17-10-11-21-22(15-17)32-13-12-31-21)33-18-7-5-6-16(14-18)27-24(29)19-8-3-4-9-20(19)26/h3-11,14-15,23H,2,12-13H2,1H3,(H,27,29)(H,28,30). The quantitative estimate of drug-likeness (QED) is 0.459. The number of carbonyl (C=O) groups excluding carboxylic acids is 2. The number of halogens is 1. The maximum atomic E-state index is 13.9. The Hall–Kier alpha value is -3.52. The van der Waals surface area contributed by atoms with Gasteiger partial charge in [0.1, 0.15) is 19.0 Å². The lowest BCUT2D eigenvalue weighted by Gasteiger charge is -2.20. The summed E-state index contributed by atoms with van der Waals surface area (Å²) in [6.45, 7) is 2.92. The minimum Gasteiger partial charge on any atom is -0.486 e. The molecule has 0 aromatic heterocycles. The number of anilines is 2. The summed E-state index contributed by atoms with van der Waals surface area (Å²) in [4.78, 5) is 26.1. The maximum absolute atomic E-state index is 13.9. The van der Waals surface area contributed by atoms with Gasteiger partial charge in [-0.15, -0.1) is 11.8 Å². The highest BCUT2D eigenvalue weighted by molar-refractivity contribution is 8.00. The minimum absolute atomic E-state index is 0.0270. The summed E-state index contributed by atoms with van der Waals surface area (Å²) in [6, 6.07) is 18.3. The Labute approximate surface area is 195 Å². The van der Waals surface area contributed by atoms with Gasteiger partial charge in [0, 0.05) is 22.3 Å². The largest absolute Gasteiger partial charge is 0.486 e. The highest BCUT2D eigenvalue weighted by Crippen LogP contribution is 2.33. The number of ether oxygens (including phenoxy) is 2. The van der Waals surface area contributed by atoms with Crippen molar-refractivity contribution in [3.63, 3.8) is 0 Å². The molecule has 3 aromatic rings. The van der Waals surface area contributed by atoms with Gasteiger partial charge in [0.2, 0.25) is 5.91 Å². The number of thioether (sulfide) groups is 1. The number of amides is 2. The van der Waals surface area contributed by atoms with Crippen LogP contribution in [-0.2, 0) is 4.79 Å². The van der Waals surface area contributed by atoms with Crippen molar-refractivity contribution in [2.24, 2.45) is 0 Å². The molecule has 1 heterocycles. The van der Waals surface area contributed by atoms with Crippen LogP contribution in [0.15, 0.2) is 71.6 Å². The van der Waals surface area contributed by atoms with Crippen molar-refractivity contribution in [2.45, 2.75) is 23.5 Å². The second-order valence-electron chi connectivity index (χ2n) is 7.32.